The third kappa shape index (κ3) is 4.59. The molecule has 0 radical (unpaired) electrons. The molecule has 0 aromatic heterocycles. The Labute approximate surface area is 143 Å². The summed E-state index contributed by atoms with van der Waals surface area (Å²) in [5, 5.41) is 4.87. The van der Waals surface area contributed by atoms with Gasteiger partial charge in [0.25, 0.3) is 5.91 Å². The van der Waals surface area contributed by atoms with E-state index in [-0.39, 0.29) is 17.2 Å². The van der Waals surface area contributed by atoms with Crippen molar-refractivity contribution in [1.29, 1.82) is 0 Å². The molecule has 2 aromatic rings. The summed E-state index contributed by atoms with van der Waals surface area (Å²) < 4.78 is 39.9. The number of anilines is 1. The van der Waals surface area contributed by atoms with E-state index in [1.165, 1.54) is 24.3 Å². The highest BCUT2D eigenvalue weighted by molar-refractivity contribution is 6.01. The molecule has 0 heterocycles. The topological polar surface area (TPSA) is 58.2 Å². The third-order valence-corrected chi connectivity index (χ3v) is 3.54. The van der Waals surface area contributed by atoms with E-state index in [1.54, 1.807) is 13.8 Å². The molecule has 0 spiro atoms. The minimum atomic E-state index is -1.10. The van der Waals surface area contributed by atoms with Gasteiger partial charge in [-0.1, -0.05) is 26.0 Å². The maximum atomic E-state index is 13.7. The first kappa shape index (κ1) is 18.5. The zero-order chi connectivity index (χ0) is 18.6. The molecule has 7 heteroatoms. The lowest BCUT2D eigenvalue weighted by molar-refractivity contribution is -0.118. The van der Waals surface area contributed by atoms with Crippen LogP contribution < -0.4 is 10.6 Å². The van der Waals surface area contributed by atoms with Crippen LogP contribution in [0.1, 0.15) is 24.2 Å². The molecule has 2 N–H and O–H groups in total. The fourth-order valence-electron chi connectivity index (χ4n) is 2.19. The SMILES string of the molecule is CC(C)[C@@H](NC(=O)c1ccccc1F)C(=O)Nc1ccc(F)c(F)c1. The largest absolute Gasteiger partial charge is 0.340 e. The summed E-state index contributed by atoms with van der Waals surface area (Å²) in [5.74, 6) is -4.52. The number of halogens is 3. The Morgan fingerprint density at radius 2 is 1.60 bits per heavy atom. The van der Waals surface area contributed by atoms with E-state index in [1.807, 2.05) is 0 Å². The highest BCUT2D eigenvalue weighted by Crippen LogP contribution is 2.15. The van der Waals surface area contributed by atoms with Crippen LogP contribution in [0.25, 0.3) is 0 Å². The van der Waals surface area contributed by atoms with E-state index in [9.17, 15) is 22.8 Å². The molecule has 25 heavy (non-hydrogen) atoms. The van der Waals surface area contributed by atoms with Gasteiger partial charge in [-0.05, 0) is 30.2 Å². The predicted molar refractivity (Wildman–Crippen MR) is 87.5 cm³/mol. The van der Waals surface area contributed by atoms with Crippen molar-refractivity contribution in [2.24, 2.45) is 5.92 Å². The first-order chi connectivity index (χ1) is 11.8. The lowest BCUT2D eigenvalue weighted by Crippen LogP contribution is -2.47. The van der Waals surface area contributed by atoms with Gasteiger partial charge in [0.1, 0.15) is 11.9 Å². The monoisotopic (exact) mass is 350 g/mol. The number of carbonyl (C=O) groups is 2. The van der Waals surface area contributed by atoms with E-state index >= 15 is 0 Å². The van der Waals surface area contributed by atoms with Crippen LogP contribution >= 0.6 is 0 Å². The Hall–Kier alpha value is -2.83. The Balaban J connectivity index is 2.14. The van der Waals surface area contributed by atoms with Crippen LogP contribution in [-0.4, -0.2) is 17.9 Å². The molecule has 0 aliphatic rings. The zero-order valence-electron chi connectivity index (χ0n) is 13.6. The van der Waals surface area contributed by atoms with Gasteiger partial charge in [0.05, 0.1) is 5.56 Å². The van der Waals surface area contributed by atoms with E-state index in [2.05, 4.69) is 10.6 Å². The smallest absolute Gasteiger partial charge is 0.254 e. The van der Waals surface area contributed by atoms with Gasteiger partial charge in [-0.2, -0.15) is 0 Å². The minimum Gasteiger partial charge on any atom is -0.340 e. The molecule has 0 saturated carbocycles. The van der Waals surface area contributed by atoms with Gasteiger partial charge >= 0.3 is 0 Å². The number of hydrogen-bond acceptors (Lipinski definition) is 2. The maximum absolute atomic E-state index is 13.7. The molecule has 4 nitrogen and oxygen atoms in total. The molecule has 0 bridgehead atoms. The van der Waals surface area contributed by atoms with Crippen molar-refractivity contribution in [2.45, 2.75) is 19.9 Å². The number of carbonyl (C=O) groups excluding carboxylic acids is 2. The van der Waals surface area contributed by atoms with Crippen molar-refractivity contribution in [1.82, 2.24) is 5.32 Å². The van der Waals surface area contributed by atoms with Crippen molar-refractivity contribution in [3.05, 3.63) is 65.5 Å². The number of amides is 2. The predicted octanol–water partition coefficient (Wildman–Crippen LogP) is 3.50. The minimum absolute atomic E-state index is 0.0506. The van der Waals surface area contributed by atoms with Gasteiger partial charge in [-0.15, -0.1) is 0 Å². The summed E-state index contributed by atoms with van der Waals surface area (Å²) in [6.07, 6.45) is 0. The molecule has 0 fully saturated rings. The van der Waals surface area contributed by atoms with Gasteiger partial charge in [0.2, 0.25) is 5.91 Å². The summed E-state index contributed by atoms with van der Waals surface area (Å²) >= 11 is 0. The van der Waals surface area contributed by atoms with Gasteiger partial charge < -0.3 is 10.6 Å². The van der Waals surface area contributed by atoms with Crippen molar-refractivity contribution in [2.75, 3.05) is 5.32 Å². The molecule has 0 aliphatic heterocycles. The second kappa shape index (κ2) is 7.83. The number of nitrogens with one attached hydrogen (secondary N) is 2. The molecule has 0 saturated heterocycles. The Kier molecular flexibility index (Phi) is 5.80. The van der Waals surface area contributed by atoms with E-state index in [0.29, 0.717) is 0 Å². The van der Waals surface area contributed by atoms with Crippen LogP contribution in [0, 0.1) is 23.4 Å². The van der Waals surface area contributed by atoms with Gasteiger partial charge in [-0.25, -0.2) is 13.2 Å². The Morgan fingerprint density at radius 1 is 0.920 bits per heavy atom. The zero-order valence-corrected chi connectivity index (χ0v) is 13.6. The standard InChI is InChI=1S/C18H17F3N2O2/c1-10(2)16(23-17(24)12-5-3-4-6-13(12)19)18(25)22-11-7-8-14(20)15(21)9-11/h3-10,16H,1-2H3,(H,22,25)(H,23,24)/t16-/m1/s1. The average molecular weight is 350 g/mol. The molecule has 0 unspecified atom stereocenters. The summed E-state index contributed by atoms with van der Waals surface area (Å²) in [6, 6.07) is 7.32. The highest BCUT2D eigenvalue weighted by Gasteiger charge is 2.26. The molecular weight excluding hydrogens is 333 g/mol. The van der Waals surface area contributed by atoms with Crippen LogP contribution in [0.2, 0.25) is 0 Å². The quantitative estimate of drug-likeness (QED) is 0.867. The van der Waals surface area contributed by atoms with Crippen LogP contribution in [0.15, 0.2) is 42.5 Å². The number of hydrogen-bond donors (Lipinski definition) is 2. The van der Waals surface area contributed by atoms with Crippen LogP contribution in [0.3, 0.4) is 0 Å². The van der Waals surface area contributed by atoms with Crippen molar-refractivity contribution in [3.8, 4) is 0 Å². The molecular formula is C18H17F3N2O2. The molecule has 0 aliphatic carbocycles. The fraction of sp³-hybridized carbons (Fsp3) is 0.222. The lowest BCUT2D eigenvalue weighted by atomic mass is 10.0. The summed E-state index contributed by atoms with van der Waals surface area (Å²) in [4.78, 5) is 24.6. The lowest BCUT2D eigenvalue weighted by Gasteiger charge is -2.22. The molecule has 132 valence electrons. The number of rotatable bonds is 5. The van der Waals surface area contributed by atoms with E-state index in [4.69, 9.17) is 0 Å². The highest BCUT2D eigenvalue weighted by atomic mass is 19.2. The second-order valence-electron chi connectivity index (χ2n) is 5.79. The Morgan fingerprint density at radius 3 is 2.20 bits per heavy atom. The molecule has 2 amide bonds. The number of benzene rings is 2. The van der Waals surface area contributed by atoms with Crippen molar-refractivity contribution in [3.63, 3.8) is 0 Å². The maximum Gasteiger partial charge on any atom is 0.254 e. The van der Waals surface area contributed by atoms with Gasteiger partial charge in [0.15, 0.2) is 11.6 Å². The third-order valence-electron chi connectivity index (χ3n) is 3.54. The molecule has 2 rings (SSSR count). The van der Waals surface area contributed by atoms with E-state index < -0.39 is 35.3 Å². The summed E-state index contributed by atoms with van der Waals surface area (Å²) in [5.41, 5.74) is -0.136. The summed E-state index contributed by atoms with van der Waals surface area (Å²) in [7, 11) is 0. The van der Waals surface area contributed by atoms with Gasteiger partial charge in [-0.3, -0.25) is 9.59 Å². The van der Waals surface area contributed by atoms with Crippen molar-refractivity contribution >= 4 is 17.5 Å². The van der Waals surface area contributed by atoms with Crippen LogP contribution in [0.5, 0.6) is 0 Å². The van der Waals surface area contributed by atoms with Gasteiger partial charge in [0, 0.05) is 11.8 Å². The van der Waals surface area contributed by atoms with Crippen LogP contribution in [-0.2, 0) is 4.79 Å². The van der Waals surface area contributed by atoms with E-state index in [0.717, 1.165) is 18.2 Å². The molecule has 1 atom stereocenters. The molecule has 2 aromatic carbocycles. The van der Waals surface area contributed by atoms with Crippen molar-refractivity contribution < 1.29 is 22.8 Å². The average Bonchev–Trinajstić information content (AvgIpc) is 2.55. The summed E-state index contributed by atoms with van der Waals surface area (Å²) in [6.45, 7) is 3.38. The first-order valence-corrected chi connectivity index (χ1v) is 7.61. The first-order valence-electron chi connectivity index (χ1n) is 7.61. The Bertz CT molecular complexity index is 794. The van der Waals surface area contributed by atoms with Crippen LogP contribution in [0.4, 0.5) is 18.9 Å². The second-order valence-corrected chi connectivity index (χ2v) is 5.79. The fourth-order valence-corrected chi connectivity index (χ4v) is 2.19. The normalized spacial score (nSPS) is 11.9.